The standard InChI is InChI=1S/C34H40N4S2.C20H24N2O2S2.C7H10N.C6H7N.C5H11N.C2H6O4S.2CH4O4S.CH4/c1-35-21-17-31(18-22-35)7-5-29-9-13-33(14-10-29)37(3)25-27-39-40-28-26-38(4)34-15-11-30(12-16-34)6-8-32-19-23-36(2)24-20-32;1-21(19-7-3-17(15-23)4-8-19)11-13-25-26-14-12-22(2)20-9-5-18(16-24)6-10-20;1-7-3-5-8(2)6-4-7;1-6-2-4-7-5-3-6;1-2-4-6-5-3-1;1-5-7(3,4)6-2;2*1-5-6(2,3)4;/h5-24H,25-28H2,1-4H3;3-10,15-16H,11-14H2,1-2H3;3-6H,1-2H3;2-5H,1H3;6H,1-5H2;1-2H3;2*1H3,(H,2,3,4);1H4/q+2;;+1;;;;;;/p-2. The number of rotatable bonds is 28. The Labute approximate surface area is 653 Å². The van der Waals surface area contributed by atoms with E-state index in [9.17, 15) is 43.9 Å². The van der Waals surface area contributed by atoms with Crippen LogP contribution in [0.25, 0.3) is 24.3 Å². The lowest BCUT2D eigenvalue weighted by Gasteiger charge is -2.20. The van der Waals surface area contributed by atoms with Crippen molar-refractivity contribution in [3.05, 3.63) is 240 Å². The van der Waals surface area contributed by atoms with Crippen molar-refractivity contribution >= 4 is 134 Å². The molecule has 0 radical (unpaired) electrons. The summed E-state index contributed by atoms with van der Waals surface area (Å²) in [6, 6.07) is 49.5. The second kappa shape index (κ2) is 56.7. The summed E-state index contributed by atoms with van der Waals surface area (Å²) in [7, 11) is 13.4. The maximum Gasteiger partial charge on any atom is 0.399 e. The summed E-state index contributed by atoms with van der Waals surface area (Å²) >= 11 is 0. The van der Waals surface area contributed by atoms with Gasteiger partial charge >= 0.3 is 10.4 Å². The van der Waals surface area contributed by atoms with E-state index in [-0.39, 0.29) is 7.43 Å². The van der Waals surface area contributed by atoms with Crippen LogP contribution in [-0.4, -0.2) is 171 Å². The third-order valence-electron chi connectivity index (χ3n) is 14.8. The van der Waals surface area contributed by atoms with Gasteiger partial charge in [0.05, 0.1) is 28.4 Å². The number of anilines is 4. The molecule has 1 aliphatic rings. The lowest BCUT2D eigenvalue weighted by Crippen LogP contribution is -2.25. The molecule has 586 valence electrons. The van der Waals surface area contributed by atoms with E-state index in [2.05, 4.69) is 216 Å². The van der Waals surface area contributed by atoms with Crippen molar-refractivity contribution < 1.29 is 74.4 Å². The number of pyridine rings is 4. The van der Waals surface area contributed by atoms with Crippen LogP contribution >= 0.6 is 43.2 Å². The van der Waals surface area contributed by atoms with Crippen molar-refractivity contribution in [1.29, 1.82) is 0 Å². The van der Waals surface area contributed by atoms with Gasteiger partial charge in [-0.25, -0.2) is 30.5 Å². The van der Waals surface area contributed by atoms with E-state index in [1.54, 1.807) is 12.4 Å². The Balaban J connectivity index is 0.000000719. The number of nitrogens with zero attached hydrogens (tertiary/aromatic N) is 8. The molecule has 1 aliphatic heterocycles. The zero-order chi connectivity index (χ0) is 78.6. The van der Waals surface area contributed by atoms with E-state index in [1.165, 1.54) is 77.1 Å². The highest BCUT2D eigenvalue weighted by Gasteiger charge is 2.07. The molecule has 30 heteroatoms. The Morgan fingerprint density at radius 1 is 0.402 bits per heavy atom. The molecule has 4 aromatic carbocycles. The van der Waals surface area contributed by atoms with Crippen LogP contribution in [0.4, 0.5) is 22.7 Å². The van der Waals surface area contributed by atoms with Gasteiger partial charge in [0.2, 0.25) is 20.8 Å². The average Bonchev–Trinajstić information content (AvgIpc) is 0.901. The molecule has 0 aliphatic carbocycles. The molecule has 23 nitrogen and oxygen atoms in total. The maximum atomic E-state index is 10.7. The first-order valence-corrected chi connectivity index (χ1v) is 42.3. The number of carbonyl (C=O) groups is 2. The SMILES string of the molecule is C.C1CCNCC1.CN(CCSSCCN(C)c1ccc(/C=C/c2cc[n+](C)cc2)cc1)c1ccc(/C=C/c2cc[n+](C)cc2)cc1.CN(CCSSCCN(C)c1ccc(C=O)cc1)c1ccc(C=O)cc1.COS(=O)(=O)OC.COS(=O)(=O)[O-].COS(=O)(=O)[O-].Cc1cc[n+](C)cc1.Cc1ccncc1. The number of piperidine rings is 1. The number of carbonyl (C=O) groups excluding carboxylic acids is 2. The van der Waals surface area contributed by atoms with Gasteiger partial charge in [-0.15, -0.1) is 0 Å². The molecule has 1 N–H and O–H groups in total. The second-order valence-electron chi connectivity index (χ2n) is 23.1. The molecular weight excluding hydrogens is 1500 g/mol. The number of aromatic nitrogens is 4. The summed E-state index contributed by atoms with van der Waals surface area (Å²) in [4.78, 5) is 34.3. The van der Waals surface area contributed by atoms with E-state index in [0.29, 0.717) is 11.1 Å². The van der Waals surface area contributed by atoms with Gasteiger partial charge in [0.25, 0.3) is 0 Å². The summed E-state index contributed by atoms with van der Waals surface area (Å²) in [6.45, 7) is 10.6. The molecular formula is C77H108N9O14S7+. The highest BCUT2D eigenvalue weighted by Crippen LogP contribution is 2.26. The summed E-state index contributed by atoms with van der Waals surface area (Å²) in [6.07, 6.45) is 30.5. The van der Waals surface area contributed by atoms with Gasteiger partial charge in [0, 0.05) is 160 Å². The third-order valence-corrected chi connectivity index (χ3v) is 21.1. The number of aryl methyl sites for hydroxylation is 5. The van der Waals surface area contributed by atoms with Gasteiger partial charge in [-0.2, -0.15) is 8.42 Å². The molecule has 1 saturated heterocycles. The average molecular weight is 1610 g/mol. The van der Waals surface area contributed by atoms with E-state index in [0.717, 1.165) is 102 Å². The maximum absolute atomic E-state index is 10.7. The minimum Gasteiger partial charge on any atom is -0.726 e. The molecule has 5 heterocycles. The quantitative estimate of drug-likeness (QED) is 0.0119. The highest BCUT2D eigenvalue weighted by molar-refractivity contribution is 8.77. The number of aldehydes is 2. The molecule has 4 aromatic heterocycles. The van der Waals surface area contributed by atoms with Crippen molar-refractivity contribution in [2.45, 2.75) is 40.5 Å². The van der Waals surface area contributed by atoms with Crippen molar-refractivity contribution in [2.24, 2.45) is 21.1 Å². The minimum absolute atomic E-state index is 0. The van der Waals surface area contributed by atoms with Crippen LogP contribution in [0.2, 0.25) is 0 Å². The van der Waals surface area contributed by atoms with E-state index < -0.39 is 31.2 Å². The van der Waals surface area contributed by atoms with Gasteiger partial charge in [0.15, 0.2) is 37.2 Å². The molecule has 0 spiro atoms. The highest BCUT2D eigenvalue weighted by atomic mass is 33.1. The summed E-state index contributed by atoms with van der Waals surface area (Å²) in [5.41, 5.74) is 13.6. The Morgan fingerprint density at radius 3 is 0.832 bits per heavy atom. The van der Waals surface area contributed by atoms with Crippen LogP contribution in [0, 0.1) is 13.8 Å². The number of nitrogens with one attached hydrogen (secondary N) is 1. The monoisotopic (exact) mass is 1610 g/mol. The normalized spacial score (nSPS) is 11.5. The molecule has 0 atom stereocenters. The largest absolute Gasteiger partial charge is 0.726 e. The number of hydrogen-bond donors (Lipinski definition) is 1. The van der Waals surface area contributed by atoms with E-state index in [4.69, 9.17) is 0 Å². The van der Waals surface area contributed by atoms with Crippen molar-refractivity contribution in [2.75, 3.05) is 139 Å². The van der Waals surface area contributed by atoms with Crippen LogP contribution in [0.15, 0.2) is 195 Å². The zero-order valence-corrected chi connectivity index (χ0v) is 68.5. The molecule has 8 aromatic rings. The molecule has 0 amide bonds. The van der Waals surface area contributed by atoms with Gasteiger partial charge in [-0.05, 0) is 158 Å². The lowest BCUT2D eigenvalue weighted by atomic mass is 10.1. The fourth-order valence-corrected chi connectivity index (χ4v) is 12.6. The molecule has 0 bridgehead atoms. The predicted octanol–water partition coefficient (Wildman–Crippen LogP) is 12.2. The second-order valence-corrected chi connectivity index (χ2v) is 32.3. The molecule has 107 heavy (non-hydrogen) atoms. The Morgan fingerprint density at radius 2 is 0.645 bits per heavy atom. The minimum atomic E-state index is -4.41. The van der Waals surface area contributed by atoms with Crippen molar-refractivity contribution in [1.82, 2.24) is 10.3 Å². The van der Waals surface area contributed by atoms with E-state index >= 15 is 0 Å². The van der Waals surface area contributed by atoms with Crippen molar-refractivity contribution in [3.8, 4) is 0 Å². The third kappa shape index (κ3) is 49.2. The molecule has 1 fully saturated rings. The smallest absolute Gasteiger partial charge is 0.399 e. The number of benzene rings is 4. The first-order valence-electron chi connectivity index (χ1n) is 33.3. The first kappa shape index (κ1) is 97.5. The fraction of sp³-hybridized carbons (Fsp3) is 0.351. The van der Waals surface area contributed by atoms with Crippen molar-refractivity contribution in [3.63, 3.8) is 0 Å². The van der Waals surface area contributed by atoms with Crippen LogP contribution in [0.5, 0.6) is 0 Å². The predicted molar refractivity (Wildman–Crippen MR) is 444 cm³/mol. The van der Waals surface area contributed by atoms with Crippen LogP contribution < -0.4 is 38.6 Å². The number of hydrogen-bond acceptors (Lipinski definition) is 24. The Kier molecular flexibility index (Phi) is 51.6. The molecule has 0 saturated carbocycles. The summed E-state index contributed by atoms with van der Waals surface area (Å²) in [5.74, 6) is 4.26. The Hall–Kier alpha value is -7.53. The van der Waals surface area contributed by atoms with Gasteiger partial charge in [-0.3, -0.25) is 31.3 Å². The van der Waals surface area contributed by atoms with Gasteiger partial charge < -0.3 is 34.0 Å². The zero-order valence-electron chi connectivity index (χ0n) is 62.8. The van der Waals surface area contributed by atoms with E-state index in [1.807, 2.05) is 158 Å². The summed E-state index contributed by atoms with van der Waals surface area (Å²) < 4.78 is 95.7. The van der Waals surface area contributed by atoms with Crippen LogP contribution in [0.1, 0.15) is 80.8 Å². The Bertz CT molecular complexity index is 3820. The fourth-order valence-electron chi connectivity index (χ4n) is 8.25. The molecule has 0 unspecified atom stereocenters. The van der Waals surface area contributed by atoms with Gasteiger partial charge in [-0.1, -0.05) is 106 Å². The topological polar surface area (TPSA) is 269 Å². The van der Waals surface area contributed by atoms with Crippen LogP contribution in [0.3, 0.4) is 0 Å². The molecule has 9 rings (SSSR count). The lowest BCUT2D eigenvalue weighted by molar-refractivity contribution is -0.671. The van der Waals surface area contributed by atoms with Gasteiger partial charge in [0.1, 0.15) is 33.7 Å². The van der Waals surface area contributed by atoms with Crippen LogP contribution in [-0.2, 0) is 69.1 Å². The summed E-state index contributed by atoms with van der Waals surface area (Å²) in [5, 5.41) is 3.28. The first-order chi connectivity index (χ1) is 50.5.